The van der Waals surface area contributed by atoms with Crippen molar-refractivity contribution in [3.63, 3.8) is 0 Å². The van der Waals surface area contributed by atoms with Crippen molar-refractivity contribution in [3.8, 4) is 5.75 Å². The fourth-order valence-electron chi connectivity index (χ4n) is 7.51. The second kappa shape index (κ2) is 11.1. The van der Waals surface area contributed by atoms with Crippen molar-refractivity contribution in [2.24, 2.45) is 17.8 Å². The Bertz CT molecular complexity index is 2020. The normalized spacial score (nSPS) is 29.6. The molecule has 1 N–H and O–H groups in total. The van der Waals surface area contributed by atoms with Gasteiger partial charge < -0.3 is 5.11 Å². The van der Waals surface area contributed by atoms with Crippen LogP contribution in [0.4, 0.5) is 33.3 Å². The van der Waals surface area contributed by atoms with Crippen LogP contribution >= 0.6 is 55.1 Å². The zero-order valence-corrected chi connectivity index (χ0v) is 28.4. The maximum absolute atomic E-state index is 15.2. The third kappa shape index (κ3) is 4.21. The standard InChI is InChI=1S/C32H17Br2Cl2F5N2O5/c33-11-1-4-13(5-2-11)42-27(45)15-7-6-14-17(19(15)28(42)46)10-31(35)29(47)43(26-24(40)22(38)21(37)23(39)25(26)41)30(48)32(31,36)20(14)16-9-12(34)3-8-18(16)44/h1-6,8-9,15,17,19-20,44H,7,10H2/t15-,17+,19-,20+,31+,32-/m0/s1. The molecule has 3 aromatic rings. The summed E-state index contributed by atoms with van der Waals surface area (Å²) in [5.74, 6) is -22.0. The Morgan fingerprint density at radius 2 is 1.33 bits per heavy atom. The first kappa shape index (κ1) is 33.2. The first-order chi connectivity index (χ1) is 22.6. The Labute approximate surface area is 294 Å². The number of benzene rings is 3. The summed E-state index contributed by atoms with van der Waals surface area (Å²) in [7, 11) is 0. The van der Waals surface area contributed by atoms with Crippen LogP contribution in [0.25, 0.3) is 0 Å². The van der Waals surface area contributed by atoms with Gasteiger partial charge in [-0.05, 0) is 61.2 Å². The number of hydrogen-bond acceptors (Lipinski definition) is 5. The van der Waals surface area contributed by atoms with E-state index >= 15 is 8.78 Å². The van der Waals surface area contributed by atoms with E-state index in [9.17, 15) is 37.5 Å². The van der Waals surface area contributed by atoms with Crippen LogP contribution in [0.2, 0.25) is 0 Å². The molecule has 0 spiro atoms. The van der Waals surface area contributed by atoms with E-state index in [0.29, 0.717) is 8.95 Å². The quantitative estimate of drug-likeness (QED) is 0.0743. The Hall–Kier alpha value is -3.33. The summed E-state index contributed by atoms with van der Waals surface area (Å²) in [6.45, 7) is 0. The highest BCUT2D eigenvalue weighted by atomic mass is 79.9. The highest BCUT2D eigenvalue weighted by molar-refractivity contribution is 9.10. The minimum Gasteiger partial charge on any atom is -0.508 e. The molecule has 3 fully saturated rings. The number of allylic oxidation sites excluding steroid dienone is 2. The lowest BCUT2D eigenvalue weighted by Gasteiger charge is -2.50. The maximum atomic E-state index is 15.2. The van der Waals surface area contributed by atoms with Crippen molar-refractivity contribution < 1.29 is 46.2 Å². The van der Waals surface area contributed by atoms with Crippen LogP contribution in [0.15, 0.2) is 63.1 Å². The number of hydrogen-bond donors (Lipinski definition) is 1. The Morgan fingerprint density at radius 3 is 1.96 bits per heavy atom. The topological polar surface area (TPSA) is 95.0 Å². The lowest BCUT2D eigenvalue weighted by Crippen LogP contribution is -2.60. The Balaban J connectivity index is 1.44. The molecule has 0 radical (unpaired) electrons. The van der Waals surface area contributed by atoms with Gasteiger partial charge in [0.1, 0.15) is 11.4 Å². The Morgan fingerprint density at radius 1 is 0.750 bits per heavy atom. The molecular formula is C32H17Br2Cl2F5N2O5. The second-order valence-corrected chi connectivity index (χ2v) is 15.0. The van der Waals surface area contributed by atoms with E-state index in [1.165, 1.54) is 18.2 Å². The second-order valence-electron chi connectivity index (χ2n) is 11.9. The summed E-state index contributed by atoms with van der Waals surface area (Å²) in [5.41, 5.74) is -1.50. The predicted molar refractivity (Wildman–Crippen MR) is 169 cm³/mol. The van der Waals surface area contributed by atoms with Crippen molar-refractivity contribution >= 4 is 90.1 Å². The minimum atomic E-state index is -2.74. The predicted octanol–water partition coefficient (Wildman–Crippen LogP) is 7.38. The third-order valence-corrected chi connectivity index (χ3v) is 12.0. The molecule has 1 saturated carbocycles. The molecule has 2 saturated heterocycles. The number of aromatic hydroxyl groups is 1. The van der Waals surface area contributed by atoms with Crippen LogP contribution in [0.1, 0.15) is 24.3 Å². The molecule has 3 aromatic carbocycles. The van der Waals surface area contributed by atoms with Gasteiger partial charge in [0.2, 0.25) is 17.6 Å². The van der Waals surface area contributed by atoms with Gasteiger partial charge >= 0.3 is 0 Å². The van der Waals surface area contributed by atoms with Gasteiger partial charge in [-0.25, -0.2) is 26.9 Å². The molecule has 6 atom stereocenters. The molecule has 7 rings (SSSR count). The average molecular weight is 835 g/mol. The molecule has 48 heavy (non-hydrogen) atoms. The number of imide groups is 2. The van der Waals surface area contributed by atoms with E-state index in [-0.39, 0.29) is 28.1 Å². The van der Waals surface area contributed by atoms with Crippen LogP contribution in [-0.2, 0) is 19.2 Å². The van der Waals surface area contributed by atoms with E-state index in [1.54, 1.807) is 30.3 Å². The monoisotopic (exact) mass is 832 g/mol. The smallest absolute Gasteiger partial charge is 0.258 e. The van der Waals surface area contributed by atoms with Crippen molar-refractivity contribution in [2.75, 3.05) is 9.80 Å². The van der Waals surface area contributed by atoms with E-state index in [1.807, 2.05) is 0 Å². The Kier molecular flexibility index (Phi) is 7.67. The molecule has 16 heteroatoms. The molecule has 2 heterocycles. The number of amides is 4. The maximum Gasteiger partial charge on any atom is 0.258 e. The van der Waals surface area contributed by atoms with E-state index in [0.717, 1.165) is 4.90 Å². The zero-order valence-electron chi connectivity index (χ0n) is 23.7. The lowest BCUT2D eigenvalue weighted by atomic mass is 9.56. The van der Waals surface area contributed by atoms with Gasteiger partial charge in [-0.2, -0.15) is 0 Å². The van der Waals surface area contributed by atoms with Gasteiger partial charge in [-0.15, -0.1) is 23.2 Å². The third-order valence-electron chi connectivity index (χ3n) is 9.61. The SMILES string of the molecule is O=C1[C@H]2[C@H](CC=C3[C@H]2C[C@@]2(Cl)C(=O)N(c4c(F)c(F)c(F)c(F)c4F)C(=O)[C@@]2(Cl)[C@H]3c2cc(Br)ccc2O)C(=O)N1c1ccc(Br)cc1. The van der Waals surface area contributed by atoms with Gasteiger partial charge in [0.25, 0.3) is 11.8 Å². The largest absolute Gasteiger partial charge is 0.508 e. The van der Waals surface area contributed by atoms with Crippen molar-refractivity contribution in [1.82, 2.24) is 0 Å². The van der Waals surface area contributed by atoms with Crippen LogP contribution in [0.5, 0.6) is 5.75 Å². The summed E-state index contributed by atoms with van der Waals surface area (Å²) in [6.07, 6.45) is 0.859. The molecule has 0 bridgehead atoms. The summed E-state index contributed by atoms with van der Waals surface area (Å²) in [5, 5.41) is 11.1. The van der Waals surface area contributed by atoms with Crippen LogP contribution in [0, 0.1) is 46.8 Å². The van der Waals surface area contributed by atoms with Crippen molar-refractivity contribution in [1.29, 1.82) is 0 Å². The van der Waals surface area contributed by atoms with Gasteiger partial charge in [-0.1, -0.05) is 43.5 Å². The number of nitrogens with zero attached hydrogens (tertiary/aromatic N) is 2. The number of carbonyl (C=O) groups excluding carboxylic acids is 4. The van der Waals surface area contributed by atoms with Crippen LogP contribution < -0.4 is 9.80 Å². The number of fused-ring (bicyclic) bond motifs is 4. The van der Waals surface area contributed by atoms with E-state index in [2.05, 4.69) is 31.9 Å². The number of carbonyl (C=O) groups is 4. The summed E-state index contributed by atoms with van der Waals surface area (Å²) < 4.78 is 74.1. The molecule has 4 amide bonds. The summed E-state index contributed by atoms with van der Waals surface area (Å²) in [4.78, 5) is 51.6. The number of phenols is 1. The van der Waals surface area contributed by atoms with Crippen molar-refractivity contribution in [2.45, 2.75) is 28.5 Å². The van der Waals surface area contributed by atoms with Gasteiger partial charge in [0.15, 0.2) is 33.0 Å². The van der Waals surface area contributed by atoms with Gasteiger partial charge in [-0.3, -0.25) is 24.1 Å². The summed E-state index contributed by atoms with van der Waals surface area (Å²) in [6, 6.07) is 10.4. The number of phenolic OH excluding ortho intramolecular Hbond substituents is 1. The first-order valence-electron chi connectivity index (χ1n) is 14.2. The van der Waals surface area contributed by atoms with E-state index in [4.69, 9.17) is 23.2 Å². The number of alkyl halides is 2. The minimum absolute atomic E-state index is 0.0366. The van der Waals surface area contributed by atoms with Crippen molar-refractivity contribution in [3.05, 3.63) is 97.7 Å². The first-order valence-corrected chi connectivity index (χ1v) is 16.5. The highest BCUT2D eigenvalue weighted by Gasteiger charge is 2.77. The van der Waals surface area contributed by atoms with Gasteiger partial charge in [0, 0.05) is 20.4 Å². The van der Waals surface area contributed by atoms with E-state index < -0.39 is 104 Å². The molecule has 2 aliphatic heterocycles. The average Bonchev–Trinajstić information content (AvgIpc) is 3.39. The van der Waals surface area contributed by atoms with Crippen LogP contribution in [-0.4, -0.2) is 38.5 Å². The number of halogens is 9. The lowest BCUT2D eigenvalue weighted by molar-refractivity contribution is -0.125. The number of rotatable bonds is 3. The molecule has 248 valence electrons. The fourth-order valence-corrected chi connectivity index (χ4v) is 9.08. The molecule has 7 nitrogen and oxygen atoms in total. The molecule has 0 unspecified atom stereocenters. The van der Waals surface area contributed by atoms with Crippen LogP contribution in [0.3, 0.4) is 0 Å². The molecule has 2 aliphatic carbocycles. The molecule has 4 aliphatic rings. The number of anilines is 2. The van der Waals surface area contributed by atoms with Gasteiger partial charge in [0.05, 0.1) is 17.5 Å². The summed E-state index contributed by atoms with van der Waals surface area (Å²) >= 11 is 20.7. The highest BCUT2D eigenvalue weighted by Crippen LogP contribution is 2.67. The fraction of sp³-hybridized carbons (Fsp3) is 0.250. The molecular weight excluding hydrogens is 818 g/mol. The molecule has 0 aromatic heterocycles. The zero-order chi connectivity index (χ0) is 34.8.